The molecule has 4 heterocycles. The van der Waals surface area contributed by atoms with Gasteiger partial charge in [0.25, 0.3) is 0 Å². The van der Waals surface area contributed by atoms with Gasteiger partial charge in [-0.1, -0.05) is 24.3 Å². The molecule has 0 saturated carbocycles. The van der Waals surface area contributed by atoms with Gasteiger partial charge in [-0.25, -0.2) is 4.98 Å². The molecule has 1 atom stereocenters. The molecule has 8 nitrogen and oxygen atoms in total. The van der Waals surface area contributed by atoms with E-state index in [-0.39, 0.29) is 6.04 Å². The van der Waals surface area contributed by atoms with Gasteiger partial charge in [-0.3, -0.25) is 10.1 Å². The van der Waals surface area contributed by atoms with E-state index in [2.05, 4.69) is 48.3 Å². The maximum Gasteiger partial charge on any atom is 0.158 e. The molecule has 0 amide bonds. The van der Waals surface area contributed by atoms with Crippen LogP contribution in [0.4, 0.5) is 0 Å². The lowest BCUT2D eigenvalue weighted by Gasteiger charge is -2.13. The normalized spacial score (nSPS) is 12.4. The summed E-state index contributed by atoms with van der Waals surface area (Å²) in [6, 6.07) is 16.2. The van der Waals surface area contributed by atoms with E-state index in [1.54, 1.807) is 18.6 Å². The minimum absolute atomic E-state index is 0.138. The first-order valence-electron chi connectivity index (χ1n) is 11.1. The molecule has 0 radical (unpaired) electrons. The number of aromatic nitrogens is 6. The third-order valence-electron chi connectivity index (χ3n) is 5.95. The topological polar surface area (TPSA) is 121 Å². The van der Waals surface area contributed by atoms with Crippen molar-refractivity contribution >= 4 is 21.8 Å². The third kappa shape index (κ3) is 3.80. The van der Waals surface area contributed by atoms with Gasteiger partial charge in [0.05, 0.1) is 11.7 Å². The van der Waals surface area contributed by atoms with Gasteiger partial charge in [-0.2, -0.15) is 5.10 Å². The quantitative estimate of drug-likeness (QED) is 0.287. The van der Waals surface area contributed by atoms with Crippen molar-refractivity contribution in [1.82, 2.24) is 30.1 Å². The number of hydrogen-bond donors (Lipinski definition) is 4. The van der Waals surface area contributed by atoms with Crippen LogP contribution in [-0.4, -0.2) is 42.8 Å². The number of aromatic amines is 3. The van der Waals surface area contributed by atoms with Crippen molar-refractivity contribution < 1.29 is 4.74 Å². The molecular formula is C26H23N7O. The number of imidazole rings is 1. The molecule has 0 aliphatic rings. The maximum atomic E-state index is 6.39. The van der Waals surface area contributed by atoms with Crippen molar-refractivity contribution in [3.63, 3.8) is 0 Å². The van der Waals surface area contributed by atoms with Crippen molar-refractivity contribution in [2.45, 2.75) is 12.5 Å². The predicted molar refractivity (Wildman–Crippen MR) is 132 cm³/mol. The van der Waals surface area contributed by atoms with Crippen LogP contribution < -0.4 is 10.5 Å². The van der Waals surface area contributed by atoms with E-state index in [0.717, 1.165) is 45.5 Å². The van der Waals surface area contributed by atoms with Crippen molar-refractivity contribution in [2.24, 2.45) is 5.73 Å². The van der Waals surface area contributed by atoms with E-state index in [1.807, 2.05) is 42.7 Å². The van der Waals surface area contributed by atoms with Crippen LogP contribution in [0.15, 0.2) is 79.5 Å². The van der Waals surface area contributed by atoms with Crippen LogP contribution >= 0.6 is 0 Å². The van der Waals surface area contributed by atoms with Crippen LogP contribution in [-0.2, 0) is 6.42 Å². The number of nitrogens with zero attached hydrogens (tertiary/aromatic N) is 3. The highest BCUT2D eigenvalue weighted by molar-refractivity contribution is 5.94. The Hall–Kier alpha value is -4.43. The lowest BCUT2D eigenvalue weighted by molar-refractivity contribution is 0.287. The Bertz CT molecular complexity index is 1570. The highest BCUT2D eigenvalue weighted by Crippen LogP contribution is 2.30. The number of fused-ring (bicyclic) bond motifs is 2. The molecule has 0 fully saturated rings. The van der Waals surface area contributed by atoms with Crippen LogP contribution in [0.2, 0.25) is 0 Å². The number of pyridine rings is 1. The molecule has 0 aliphatic carbocycles. The molecule has 4 aromatic heterocycles. The lowest BCUT2D eigenvalue weighted by atomic mass is 10.0. The zero-order valence-corrected chi connectivity index (χ0v) is 18.3. The molecule has 0 bridgehead atoms. The summed E-state index contributed by atoms with van der Waals surface area (Å²) < 4.78 is 6.01. The van der Waals surface area contributed by atoms with Gasteiger partial charge >= 0.3 is 0 Å². The Morgan fingerprint density at radius 1 is 0.941 bits per heavy atom. The molecule has 6 aromatic rings. The van der Waals surface area contributed by atoms with Crippen molar-refractivity contribution in [1.29, 1.82) is 0 Å². The molecule has 0 aliphatic heterocycles. The Labute approximate surface area is 195 Å². The number of nitrogens with two attached hydrogens (primary N) is 1. The van der Waals surface area contributed by atoms with E-state index >= 15 is 0 Å². The molecule has 34 heavy (non-hydrogen) atoms. The molecule has 8 heteroatoms. The first-order chi connectivity index (χ1) is 16.7. The number of hydrogen-bond acceptors (Lipinski definition) is 5. The molecule has 0 spiro atoms. The first kappa shape index (κ1) is 20.2. The largest absolute Gasteiger partial charge is 0.490 e. The Morgan fingerprint density at radius 3 is 2.79 bits per heavy atom. The standard InChI is InChI=1S/C26H23N7O/c27-19(9-18-13-31-23-4-2-1-3-21(18)23)15-34-20-10-17(12-28-14-20)16-5-6-24-22(11-16)25(33-32-24)26-29-7-8-30-26/h1-8,10-14,19,31H,9,15,27H2,(H,29,30)(H,32,33)/t19-/m0/s1. The summed E-state index contributed by atoms with van der Waals surface area (Å²) in [5, 5.41) is 9.66. The second kappa shape index (κ2) is 8.49. The Balaban J connectivity index is 1.19. The van der Waals surface area contributed by atoms with Crippen LogP contribution in [0.25, 0.3) is 44.5 Å². The average Bonchev–Trinajstić information content (AvgIpc) is 3.63. The number of ether oxygens (including phenoxy) is 1. The van der Waals surface area contributed by atoms with E-state index in [4.69, 9.17) is 10.5 Å². The van der Waals surface area contributed by atoms with E-state index in [9.17, 15) is 0 Å². The highest BCUT2D eigenvalue weighted by atomic mass is 16.5. The van der Waals surface area contributed by atoms with Gasteiger partial charge in [-0.05, 0) is 41.8 Å². The maximum absolute atomic E-state index is 6.39. The molecule has 168 valence electrons. The Kier molecular flexibility index (Phi) is 5.04. The van der Waals surface area contributed by atoms with Crippen LogP contribution in [0.1, 0.15) is 5.56 Å². The summed E-state index contributed by atoms with van der Waals surface area (Å²) >= 11 is 0. The summed E-state index contributed by atoms with van der Waals surface area (Å²) in [4.78, 5) is 15.1. The van der Waals surface area contributed by atoms with Gasteiger partial charge < -0.3 is 20.4 Å². The van der Waals surface area contributed by atoms with E-state index in [0.29, 0.717) is 12.4 Å². The van der Waals surface area contributed by atoms with Crippen molar-refractivity contribution in [2.75, 3.05) is 6.61 Å². The fourth-order valence-corrected chi connectivity index (χ4v) is 4.27. The fraction of sp³-hybridized carbons (Fsp3) is 0.115. The van der Waals surface area contributed by atoms with Crippen LogP contribution in [0.3, 0.4) is 0 Å². The van der Waals surface area contributed by atoms with Crippen molar-refractivity contribution in [3.05, 3.63) is 85.1 Å². The van der Waals surface area contributed by atoms with Crippen LogP contribution in [0, 0.1) is 0 Å². The van der Waals surface area contributed by atoms with Gasteiger partial charge in [0.1, 0.15) is 18.1 Å². The Morgan fingerprint density at radius 2 is 1.88 bits per heavy atom. The minimum atomic E-state index is -0.138. The smallest absolute Gasteiger partial charge is 0.158 e. The molecule has 6 rings (SSSR count). The number of rotatable bonds is 7. The minimum Gasteiger partial charge on any atom is -0.490 e. The second-order valence-corrected chi connectivity index (χ2v) is 8.31. The van der Waals surface area contributed by atoms with Gasteiger partial charge in [0.2, 0.25) is 0 Å². The third-order valence-corrected chi connectivity index (χ3v) is 5.95. The summed E-state index contributed by atoms with van der Waals surface area (Å²) in [7, 11) is 0. The van der Waals surface area contributed by atoms with Crippen LogP contribution in [0.5, 0.6) is 5.75 Å². The SMILES string of the molecule is N[C@H](COc1cncc(-c2ccc3[nH]nc(-c4ncc[nH]4)c3c2)c1)Cc1c[nH]c2ccccc12. The molecular weight excluding hydrogens is 426 g/mol. The number of benzene rings is 2. The summed E-state index contributed by atoms with van der Waals surface area (Å²) in [5.74, 6) is 1.41. The van der Waals surface area contributed by atoms with Gasteiger partial charge in [0.15, 0.2) is 5.82 Å². The molecule has 2 aromatic carbocycles. The van der Waals surface area contributed by atoms with Crippen molar-refractivity contribution in [3.8, 4) is 28.4 Å². The first-order valence-corrected chi connectivity index (χ1v) is 11.1. The molecule has 0 unspecified atom stereocenters. The number of H-pyrrole nitrogens is 3. The highest BCUT2D eigenvalue weighted by Gasteiger charge is 2.13. The average molecular weight is 450 g/mol. The molecule has 5 N–H and O–H groups in total. The predicted octanol–water partition coefficient (Wildman–Crippen LogP) is 4.45. The summed E-state index contributed by atoms with van der Waals surface area (Å²) in [6.07, 6.45) is 9.79. The van der Waals surface area contributed by atoms with E-state index in [1.165, 1.54) is 10.9 Å². The summed E-state index contributed by atoms with van der Waals surface area (Å²) in [5.41, 5.74) is 12.4. The molecule has 0 saturated heterocycles. The van der Waals surface area contributed by atoms with E-state index < -0.39 is 0 Å². The second-order valence-electron chi connectivity index (χ2n) is 8.31. The monoisotopic (exact) mass is 449 g/mol. The number of para-hydroxylation sites is 1. The summed E-state index contributed by atoms with van der Waals surface area (Å²) in [6.45, 7) is 0.397. The zero-order valence-electron chi connectivity index (χ0n) is 18.3. The zero-order chi connectivity index (χ0) is 22.9. The van der Waals surface area contributed by atoms with Gasteiger partial charge in [-0.15, -0.1) is 0 Å². The fourth-order valence-electron chi connectivity index (χ4n) is 4.27. The lowest BCUT2D eigenvalue weighted by Crippen LogP contribution is -2.30. The van der Waals surface area contributed by atoms with Gasteiger partial charge in [0, 0.05) is 52.7 Å². The number of nitrogens with one attached hydrogen (secondary N) is 3.